The van der Waals surface area contributed by atoms with Gasteiger partial charge in [0.1, 0.15) is 11.6 Å². The first kappa shape index (κ1) is 18.6. The molecule has 1 aliphatic rings. The van der Waals surface area contributed by atoms with E-state index in [0.29, 0.717) is 44.2 Å². The summed E-state index contributed by atoms with van der Waals surface area (Å²) in [4.78, 5) is 26.6. The Labute approximate surface area is 158 Å². The molecule has 1 aromatic heterocycles. The van der Waals surface area contributed by atoms with Gasteiger partial charge in [0, 0.05) is 32.7 Å². The van der Waals surface area contributed by atoms with Crippen molar-refractivity contribution in [1.82, 2.24) is 20.0 Å². The Morgan fingerprint density at radius 3 is 2.59 bits per heavy atom. The van der Waals surface area contributed by atoms with Crippen molar-refractivity contribution in [2.24, 2.45) is 0 Å². The van der Waals surface area contributed by atoms with Gasteiger partial charge < -0.3 is 19.9 Å². The molecule has 0 atom stereocenters. The van der Waals surface area contributed by atoms with Crippen molar-refractivity contribution in [2.75, 3.05) is 45.2 Å². The Morgan fingerprint density at radius 1 is 1.15 bits per heavy atom. The molecule has 0 aliphatic carbocycles. The van der Waals surface area contributed by atoms with Crippen LogP contribution < -0.4 is 10.1 Å². The summed E-state index contributed by atoms with van der Waals surface area (Å²) in [7, 11) is 1.66. The van der Waals surface area contributed by atoms with Gasteiger partial charge in [-0.3, -0.25) is 9.59 Å². The fourth-order valence-corrected chi connectivity index (χ4v) is 2.97. The van der Waals surface area contributed by atoms with Gasteiger partial charge in [0.2, 0.25) is 6.41 Å². The maximum atomic E-state index is 12.5. The number of nitrogens with one attached hydrogen (secondary N) is 1. The van der Waals surface area contributed by atoms with Crippen LogP contribution in [0.3, 0.4) is 0 Å². The summed E-state index contributed by atoms with van der Waals surface area (Å²) in [5, 5.41) is 11.3. The number of rotatable bonds is 7. The van der Waals surface area contributed by atoms with Gasteiger partial charge in [0.25, 0.3) is 5.91 Å². The first-order valence-electron chi connectivity index (χ1n) is 8.89. The van der Waals surface area contributed by atoms with E-state index >= 15 is 0 Å². The van der Waals surface area contributed by atoms with E-state index in [1.54, 1.807) is 29.0 Å². The molecule has 8 nitrogen and oxygen atoms in total. The molecule has 1 aliphatic heterocycles. The second kappa shape index (κ2) is 8.98. The molecule has 0 spiro atoms. The van der Waals surface area contributed by atoms with Crippen LogP contribution >= 0.6 is 0 Å². The summed E-state index contributed by atoms with van der Waals surface area (Å²) in [5.74, 6) is 1.32. The molecule has 1 N–H and O–H groups in total. The van der Waals surface area contributed by atoms with Gasteiger partial charge in [-0.2, -0.15) is 0 Å². The lowest BCUT2D eigenvalue weighted by molar-refractivity contribution is -0.119. The predicted octanol–water partition coefficient (Wildman–Crippen LogP) is 1.05. The number of amides is 2. The number of hydrogen-bond acceptors (Lipinski definition) is 6. The minimum absolute atomic E-state index is 0.159. The number of benzene rings is 1. The zero-order valence-corrected chi connectivity index (χ0v) is 15.3. The van der Waals surface area contributed by atoms with E-state index in [9.17, 15) is 9.59 Å². The van der Waals surface area contributed by atoms with Gasteiger partial charge in [0.05, 0.1) is 7.11 Å². The molecule has 1 fully saturated rings. The van der Waals surface area contributed by atoms with Gasteiger partial charge in [-0.25, -0.2) is 0 Å². The molecule has 3 rings (SSSR count). The SMILES string of the molecule is COc1ccccc1CCNc1ccc(C(=O)N2CCN(C=O)CC2)nn1. The standard InChI is InChI=1S/C19H23N5O3/c1-27-17-5-3-2-4-15(17)8-9-20-18-7-6-16(21-22-18)19(26)24-12-10-23(14-25)11-13-24/h2-7,14H,8-13H2,1H3,(H,20,22). The molecule has 142 valence electrons. The van der Waals surface area contributed by atoms with E-state index in [1.165, 1.54) is 0 Å². The largest absolute Gasteiger partial charge is 0.496 e. The molecule has 1 aromatic carbocycles. The maximum Gasteiger partial charge on any atom is 0.274 e. The van der Waals surface area contributed by atoms with Crippen LogP contribution in [0.5, 0.6) is 5.75 Å². The van der Waals surface area contributed by atoms with Gasteiger partial charge >= 0.3 is 0 Å². The van der Waals surface area contributed by atoms with Crippen molar-refractivity contribution in [3.8, 4) is 5.75 Å². The zero-order valence-electron chi connectivity index (χ0n) is 15.3. The van der Waals surface area contributed by atoms with Crippen LogP contribution in [-0.2, 0) is 11.2 Å². The fourth-order valence-electron chi connectivity index (χ4n) is 2.97. The lowest BCUT2D eigenvalue weighted by atomic mass is 10.1. The van der Waals surface area contributed by atoms with Crippen molar-refractivity contribution >= 4 is 18.1 Å². The Balaban J connectivity index is 1.51. The highest BCUT2D eigenvalue weighted by atomic mass is 16.5. The smallest absolute Gasteiger partial charge is 0.274 e. The van der Waals surface area contributed by atoms with Crippen LogP contribution in [0.2, 0.25) is 0 Å². The summed E-state index contributed by atoms with van der Waals surface area (Å²) in [6, 6.07) is 11.3. The molecule has 2 amide bonds. The van der Waals surface area contributed by atoms with Gasteiger partial charge in [-0.05, 0) is 30.2 Å². The molecule has 2 aromatic rings. The van der Waals surface area contributed by atoms with Crippen LogP contribution in [-0.4, -0.2) is 72.1 Å². The summed E-state index contributed by atoms with van der Waals surface area (Å²) in [5.41, 5.74) is 1.42. The van der Waals surface area contributed by atoms with Crippen molar-refractivity contribution in [3.05, 3.63) is 47.7 Å². The molecule has 0 unspecified atom stereocenters. The van der Waals surface area contributed by atoms with Crippen molar-refractivity contribution in [3.63, 3.8) is 0 Å². The quantitative estimate of drug-likeness (QED) is 0.734. The maximum absolute atomic E-state index is 12.5. The van der Waals surface area contributed by atoms with Crippen LogP contribution in [0.25, 0.3) is 0 Å². The lowest BCUT2D eigenvalue weighted by Crippen LogP contribution is -2.48. The molecule has 0 radical (unpaired) electrons. The van der Waals surface area contributed by atoms with E-state index in [4.69, 9.17) is 4.74 Å². The second-order valence-electron chi connectivity index (χ2n) is 6.23. The highest BCUT2D eigenvalue weighted by Crippen LogP contribution is 2.17. The Kier molecular flexibility index (Phi) is 6.19. The van der Waals surface area contributed by atoms with Crippen LogP contribution in [0, 0.1) is 0 Å². The van der Waals surface area contributed by atoms with Crippen molar-refractivity contribution in [1.29, 1.82) is 0 Å². The Hall–Kier alpha value is -3.16. The van der Waals surface area contributed by atoms with Gasteiger partial charge in [0.15, 0.2) is 5.69 Å². The summed E-state index contributed by atoms with van der Waals surface area (Å²) in [6.07, 6.45) is 1.60. The zero-order chi connectivity index (χ0) is 19.1. The molecule has 1 saturated heterocycles. The summed E-state index contributed by atoms with van der Waals surface area (Å²) >= 11 is 0. The molecule has 0 bridgehead atoms. The Morgan fingerprint density at radius 2 is 1.93 bits per heavy atom. The molecular weight excluding hydrogens is 346 g/mol. The van der Waals surface area contributed by atoms with Gasteiger partial charge in [-0.15, -0.1) is 10.2 Å². The highest BCUT2D eigenvalue weighted by molar-refractivity contribution is 5.92. The fraction of sp³-hybridized carbons (Fsp3) is 0.368. The van der Waals surface area contributed by atoms with E-state index in [-0.39, 0.29) is 5.91 Å². The van der Waals surface area contributed by atoms with Crippen LogP contribution in [0.1, 0.15) is 16.1 Å². The molecule has 2 heterocycles. The minimum atomic E-state index is -0.159. The number of anilines is 1. The third-order valence-corrected chi connectivity index (χ3v) is 4.53. The van der Waals surface area contributed by atoms with E-state index in [2.05, 4.69) is 15.5 Å². The number of piperazine rings is 1. The molecular formula is C19H23N5O3. The first-order chi connectivity index (χ1) is 13.2. The highest BCUT2D eigenvalue weighted by Gasteiger charge is 2.22. The molecule has 0 saturated carbocycles. The normalized spacial score (nSPS) is 14.0. The monoisotopic (exact) mass is 369 g/mol. The third-order valence-electron chi connectivity index (χ3n) is 4.53. The lowest BCUT2D eigenvalue weighted by Gasteiger charge is -2.32. The summed E-state index contributed by atoms with van der Waals surface area (Å²) in [6.45, 7) is 2.79. The van der Waals surface area contributed by atoms with Crippen LogP contribution in [0.4, 0.5) is 5.82 Å². The average molecular weight is 369 g/mol. The predicted molar refractivity (Wildman–Crippen MR) is 101 cm³/mol. The Bertz CT molecular complexity index is 773. The average Bonchev–Trinajstić information content (AvgIpc) is 2.74. The second-order valence-corrected chi connectivity index (χ2v) is 6.23. The number of nitrogens with zero attached hydrogens (tertiary/aromatic N) is 4. The van der Waals surface area contributed by atoms with E-state index in [0.717, 1.165) is 24.1 Å². The first-order valence-corrected chi connectivity index (χ1v) is 8.89. The number of carbonyl (C=O) groups excluding carboxylic acids is 2. The number of hydrogen-bond donors (Lipinski definition) is 1. The van der Waals surface area contributed by atoms with Gasteiger partial charge in [-0.1, -0.05) is 18.2 Å². The molecule has 27 heavy (non-hydrogen) atoms. The summed E-state index contributed by atoms with van der Waals surface area (Å²) < 4.78 is 5.34. The number of aromatic nitrogens is 2. The number of para-hydroxylation sites is 1. The van der Waals surface area contributed by atoms with Crippen molar-refractivity contribution < 1.29 is 14.3 Å². The van der Waals surface area contributed by atoms with E-state index in [1.807, 2.05) is 24.3 Å². The van der Waals surface area contributed by atoms with E-state index < -0.39 is 0 Å². The number of carbonyl (C=O) groups is 2. The molecule has 8 heteroatoms. The topological polar surface area (TPSA) is 87.7 Å². The third kappa shape index (κ3) is 4.72. The van der Waals surface area contributed by atoms with Crippen molar-refractivity contribution in [2.45, 2.75) is 6.42 Å². The van der Waals surface area contributed by atoms with Crippen LogP contribution in [0.15, 0.2) is 36.4 Å². The number of methoxy groups -OCH3 is 1. The minimum Gasteiger partial charge on any atom is -0.496 e. The number of ether oxygens (including phenoxy) is 1.